The molecule has 1 N–H and O–H groups in total. The van der Waals surface area contributed by atoms with Gasteiger partial charge in [-0.15, -0.1) is 0 Å². The van der Waals surface area contributed by atoms with E-state index in [0.29, 0.717) is 23.2 Å². The minimum absolute atomic E-state index is 0.408. The van der Waals surface area contributed by atoms with Crippen LogP contribution in [0.4, 0.5) is 8.78 Å². The van der Waals surface area contributed by atoms with Crippen molar-refractivity contribution >= 4 is 11.0 Å². The Morgan fingerprint density at radius 1 is 1.08 bits per heavy atom. The number of aromatic amines is 1. The van der Waals surface area contributed by atoms with Crippen LogP contribution in [0.3, 0.4) is 0 Å². The third-order valence-electron chi connectivity index (χ3n) is 4.12. The summed E-state index contributed by atoms with van der Waals surface area (Å²) in [4.78, 5) is 15.2. The van der Waals surface area contributed by atoms with Crippen molar-refractivity contribution in [3.05, 3.63) is 95.2 Å². The second-order valence-electron chi connectivity index (χ2n) is 6.17. The van der Waals surface area contributed by atoms with Crippen LogP contribution in [-0.2, 0) is 6.42 Å². The van der Waals surface area contributed by atoms with Gasteiger partial charge in [0.1, 0.15) is 11.5 Å². The van der Waals surface area contributed by atoms with Crippen molar-refractivity contribution in [2.24, 2.45) is 0 Å². The van der Waals surface area contributed by atoms with Gasteiger partial charge in [-0.1, -0.05) is 6.07 Å². The molecule has 0 amide bonds. The molecule has 0 atom stereocenters. The predicted octanol–water partition coefficient (Wildman–Crippen LogP) is 4.13. The van der Waals surface area contributed by atoms with E-state index in [1.807, 2.05) is 19.2 Å². The number of aryl methyl sites for hydroxylation is 1. The number of aromatic nitrogens is 4. The van der Waals surface area contributed by atoms with E-state index in [1.165, 1.54) is 12.3 Å². The highest BCUT2D eigenvalue weighted by Crippen LogP contribution is 2.22. The number of nitrogens with one attached hydrogen (secondary N) is 1. The number of hydrogen-bond acceptors (Lipinski definition) is 3. The van der Waals surface area contributed by atoms with E-state index in [2.05, 4.69) is 19.9 Å². The largest absolute Gasteiger partial charge is 0.346 e. The predicted molar refractivity (Wildman–Crippen MR) is 94.5 cm³/mol. The van der Waals surface area contributed by atoms with Gasteiger partial charge in [0.05, 0.1) is 11.9 Å². The quantitative estimate of drug-likeness (QED) is 0.564. The summed E-state index contributed by atoms with van der Waals surface area (Å²) in [5.41, 5.74) is 4.22. The van der Waals surface area contributed by atoms with Crippen LogP contribution in [0.2, 0.25) is 0 Å². The van der Waals surface area contributed by atoms with Gasteiger partial charge in [0.2, 0.25) is 5.95 Å². The Hall–Kier alpha value is -3.15. The number of fused-ring (bicyclic) bond motifs is 1. The fourth-order valence-corrected chi connectivity index (χ4v) is 2.88. The van der Waals surface area contributed by atoms with E-state index < -0.39 is 11.8 Å². The lowest BCUT2D eigenvalue weighted by Gasteiger charge is -2.05. The zero-order valence-corrected chi connectivity index (χ0v) is 14.0. The molecule has 6 heteroatoms. The second kappa shape index (κ2) is 6.63. The molecular formula is C20H15F2N4. The van der Waals surface area contributed by atoms with Crippen LogP contribution in [0, 0.1) is 25.1 Å². The van der Waals surface area contributed by atoms with Crippen molar-refractivity contribution in [3.63, 3.8) is 0 Å². The van der Waals surface area contributed by atoms with Gasteiger partial charge in [0.25, 0.3) is 0 Å². The first-order chi connectivity index (χ1) is 12.6. The first-order valence-electron chi connectivity index (χ1n) is 8.12. The minimum atomic E-state index is -0.543. The van der Waals surface area contributed by atoms with Gasteiger partial charge in [-0.2, -0.15) is 4.39 Å². The maximum Gasteiger partial charge on any atom is 0.216 e. The number of hydrogen-bond donors (Lipinski definition) is 1. The van der Waals surface area contributed by atoms with Gasteiger partial charge in [-0.3, -0.25) is 4.98 Å². The summed E-state index contributed by atoms with van der Waals surface area (Å²) in [6.45, 7) is 1.97. The van der Waals surface area contributed by atoms with Gasteiger partial charge >= 0.3 is 0 Å². The molecule has 0 aliphatic carbocycles. The van der Waals surface area contributed by atoms with Crippen LogP contribution in [0.1, 0.15) is 27.9 Å². The van der Waals surface area contributed by atoms with Crippen LogP contribution < -0.4 is 0 Å². The Bertz CT molecular complexity index is 1090. The molecule has 0 bridgehead atoms. The average molecular weight is 349 g/mol. The molecule has 4 aromatic heterocycles. The Labute approximate surface area is 149 Å². The van der Waals surface area contributed by atoms with Gasteiger partial charge in [-0.25, -0.2) is 14.4 Å². The van der Waals surface area contributed by atoms with Gasteiger partial charge in [0.15, 0.2) is 0 Å². The number of H-pyrrole nitrogens is 1. The van der Waals surface area contributed by atoms with E-state index in [4.69, 9.17) is 0 Å². The lowest BCUT2D eigenvalue weighted by molar-refractivity contribution is 0.567. The molecule has 0 spiro atoms. The number of pyridine rings is 3. The molecule has 0 saturated heterocycles. The molecule has 4 aromatic rings. The molecule has 4 rings (SSSR count). The fourth-order valence-electron chi connectivity index (χ4n) is 2.88. The highest BCUT2D eigenvalue weighted by Gasteiger charge is 2.11. The van der Waals surface area contributed by atoms with Crippen molar-refractivity contribution in [1.82, 2.24) is 19.9 Å². The molecule has 0 aromatic carbocycles. The Morgan fingerprint density at radius 2 is 1.96 bits per heavy atom. The Balaban J connectivity index is 1.58. The summed E-state index contributed by atoms with van der Waals surface area (Å²) in [6.07, 6.45) is 8.24. The third kappa shape index (κ3) is 3.31. The van der Waals surface area contributed by atoms with E-state index >= 15 is 0 Å². The van der Waals surface area contributed by atoms with Crippen molar-refractivity contribution in [3.8, 4) is 0 Å². The smallest absolute Gasteiger partial charge is 0.216 e. The van der Waals surface area contributed by atoms with Gasteiger partial charge in [0, 0.05) is 42.4 Å². The molecule has 0 aliphatic rings. The lowest BCUT2D eigenvalue weighted by atomic mass is 10.0. The van der Waals surface area contributed by atoms with Crippen LogP contribution in [0.5, 0.6) is 0 Å². The highest BCUT2D eigenvalue weighted by molar-refractivity contribution is 5.80. The molecule has 1 radical (unpaired) electrons. The summed E-state index contributed by atoms with van der Waals surface area (Å²) >= 11 is 0. The Morgan fingerprint density at radius 3 is 2.77 bits per heavy atom. The maximum atomic E-state index is 14.5. The van der Waals surface area contributed by atoms with E-state index in [0.717, 1.165) is 28.4 Å². The molecule has 0 unspecified atom stereocenters. The standard InChI is InChI=1S/C20H15F2N4/c1-12-4-18-15(10-25-20(18)24-8-12)7-14-2-3-17(26-19(14)22)6-13-5-16(21)11-23-9-13/h2-6,8-11H,7H2,1H3,(H,24,25). The van der Waals surface area contributed by atoms with Crippen molar-refractivity contribution < 1.29 is 8.78 Å². The minimum Gasteiger partial charge on any atom is -0.346 e. The van der Waals surface area contributed by atoms with Gasteiger partial charge < -0.3 is 4.98 Å². The molecule has 0 saturated carbocycles. The van der Waals surface area contributed by atoms with Crippen LogP contribution in [0.25, 0.3) is 11.0 Å². The summed E-state index contributed by atoms with van der Waals surface area (Å²) in [6, 6.07) is 6.75. The molecule has 26 heavy (non-hydrogen) atoms. The molecule has 4 heterocycles. The second-order valence-corrected chi connectivity index (χ2v) is 6.17. The van der Waals surface area contributed by atoms with E-state index in [9.17, 15) is 8.78 Å². The first kappa shape index (κ1) is 16.3. The summed E-state index contributed by atoms with van der Waals surface area (Å²) in [7, 11) is 0. The molecule has 4 nitrogen and oxygen atoms in total. The van der Waals surface area contributed by atoms with Crippen molar-refractivity contribution in [2.45, 2.75) is 13.3 Å². The normalized spacial score (nSPS) is 11.2. The van der Waals surface area contributed by atoms with Crippen molar-refractivity contribution in [1.29, 1.82) is 0 Å². The molecular weight excluding hydrogens is 334 g/mol. The molecule has 0 aliphatic heterocycles. The van der Waals surface area contributed by atoms with Gasteiger partial charge in [-0.05, 0) is 41.8 Å². The zero-order chi connectivity index (χ0) is 18.1. The van der Waals surface area contributed by atoms with Crippen LogP contribution >= 0.6 is 0 Å². The number of rotatable bonds is 4. The van der Waals surface area contributed by atoms with Crippen LogP contribution in [0.15, 0.2) is 49.1 Å². The van der Waals surface area contributed by atoms with Crippen molar-refractivity contribution in [2.75, 3.05) is 0 Å². The zero-order valence-electron chi connectivity index (χ0n) is 14.0. The SMILES string of the molecule is Cc1cnc2[nH]cc(Cc3ccc([CH]c4cncc(F)c4)nc3F)c2c1. The van der Waals surface area contributed by atoms with E-state index in [1.54, 1.807) is 24.8 Å². The first-order valence-corrected chi connectivity index (χ1v) is 8.12. The average Bonchev–Trinajstić information content (AvgIpc) is 2.99. The topological polar surface area (TPSA) is 54.5 Å². The third-order valence-corrected chi connectivity index (χ3v) is 4.12. The summed E-state index contributed by atoms with van der Waals surface area (Å²) in [5, 5.41) is 0.978. The summed E-state index contributed by atoms with van der Waals surface area (Å²) in [5.74, 6) is -0.989. The fraction of sp³-hybridized carbons (Fsp3) is 0.100. The Kier molecular flexibility index (Phi) is 4.16. The lowest BCUT2D eigenvalue weighted by Crippen LogP contribution is -1.99. The highest BCUT2D eigenvalue weighted by atomic mass is 19.1. The maximum absolute atomic E-state index is 14.5. The monoisotopic (exact) mass is 349 g/mol. The summed E-state index contributed by atoms with van der Waals surface area (Å²) < 4.78 is 27.7. The van der Waals surface area contributed by atoms with E-state index in [-0.39, 0.29) is 0 Å². The molecule has 129 valence electrons. The number of halogens is 2. The number of nitrogens with zero attached hydrogens (tertiary/aromatic N) is 3. The molecule has 0 fully saturated rings. The van der Waals surface area contributed by atoms with Crippen LogP contribution in [-0.4, -0.2) is 19.9 Å².